The van der Waals surface area contributed by atoms with Crippen LogP contribution in [0.5, 0.6) is 0 Å². The molecule has 2 amide bonds. The fourth-order valence-electron chi connectivity index (χ4n) is 2.97. The molecule has 1 saturated heterocycles. The van der Waals surface area contributed by atoms with Gasteiger partial charge in [0.2, 0.25) is 11.8 Å². The van der Waals surface area contributed by atoms with Gasteiger partial charge in [-0.15, -0.1) is 0 Å². The quantitative estimate of drug-likeness (QED) is 0.723. The molecule has 0 spiro atoms. The summed E-state index contributed by atoms with van der Waals surface area (Å²) in [4.78, 5) is 28.3. The first-order valence-electron chi connectivity index (χ1n) is 9.11. The van der Waals surface area contributed by atoms with Gasteiger partial charge in [-0.25, -0.2) is 4.39 Å². The summed E-state index contributed by atoms with van der Waals surface area (Å²) in [5, 5.41) is 3.30. The Kier molecular flexibility index (Phi) is 7.25. The van der Waals surface area contributed by atoms with Gasteiger partial charge >= 0.3 is 0 Å². The van der Waals surface area contributed by atoms with Crippen molar-refractivity contribution in [1.82, 2.24) is 9.80 Å². The lowest BCUT2D eigenvalue weighted by Crippen LogP contribution is -2.50. The number of rotatable bonds is 5. The van der Waals surface area contributed by atoms with Gasteiger partial charge in [0.05, 0.1) is 22.3 Å². The van der Waals surface area contributed by atoms with E-state index in [0.717, 1.165) is 0 Å². The van der Waals surface area contributed by atoms with Crippen molar-refractivity contribution < 1.29 is 14.0 Å². The van der Waals surface area contributed by atoms with Crippen molar-refractivity contribution in [1.29, 1.82) is 0 Å². The van der Waals surface area contributed by atoms with E-state index < -0.39 is 5.82 Å². The first-order valence-corrected chi connectivity index (χ1v) is 9.87. The van der Waals surface area contributed by atoms with Crippen molar-refractivity contribution in [3.05, 3.63) is 70.0 Å². The maximum absolute atomic E-state index is 13.2. The first-order chi connectivity index (χ1) is 13.9. The molecule has 1 aliphatic rings. The summed E-state index contributed by atoms with van der Waals surface area (Å²) in [6, 6.07) is 11.4. The molecule has 1 heterocycles. The summed E-state index contributed by atoms with van der Waals surface area (Å²) in [5.41, 5.74) is 1.23. The number of benzene rings is 2. The Morgan fingerprint density at radius 2 is 1.76 bits per heavy atom. The normalized spacial score (nSPS) is 14.9. The minimum Gasteiger partial charge on any atom is -0.337 e. The van der Waals surface area contributed by atoms with Gasteiger partial charge in [0.1, 0.15) is 5.82 Å². The summed E-state index contributed by atoms with van der Waals surface area (Å²) in [5.74, 6) is -0.776. The number of para-hydroxylation sites is 1. The maximum Gasteiger partial charge on any atom is 0.246 e. The second-order valence-electron chi connectivity index (χ2n) is 6.64. The van der Waals surface area contributed by atoms with Crippen LogP contribution in [-0.2, 0) is 9.59 Å². The van der Waals surface area contributed by atoms with E-state index in [1.54, 1.807) is 41.3 Å². The highest BCUT2D eigenvalue weighted by atomic mass is 35.5. The van der Waals surface area contributed by atoms with E-state index >= 15 is 0 Å². The fourth-order valence-corrected chi connectivity index (χ4v) is 3.34. The topological polar surface area (TPSA) is 52.7 Å². The molecule has 2 aromatic rings. The highest BCUT2D eigenvalue weighted by Gasteiger charge is 2.21. The molecule has 0 unspecified atom stereocenters. The van der Waals surface area contributed by atoms with Crippen LogP contribution >= 0.6 is 23.2 Å². The van der Waals surface area contributed by atoms with E-state index in [1.807, 2.05) is 4.90 Å². The molecule has 1 N–H and O–H groups in total. The molecule has 8 heteroatoms. The molecule has 1 fully saturated rings. The smallest absolute Gasteiger partial charge is 0.246 e. The van der Waals surface area contributed by atoms with Crippen LogP contribution < -0.4 is 5.32 Å². The molecule has 0 aliphatic carbocycles. The standard InChI is InChI=1S/C21H20Cl2FN3O2/c22-16-3-1-2-4-19(16)25-20(28)14-26-9-11-27(12-10-26)21(29)8-6-15-5-7-18(24)17(23)13-15/h1-8,13H,9-12,14H2,(H,25,28). The second-order valence-corrected chi connectivity index (χ2v) is 7.45. The Balaban J connectivity index is 1.46. The van der Waals surface area contributed by atoms with Crippen molar-refractivity contribution >= 4 is 46.8 Å². The monoisotopic (exact) mass is 435 g/mol. The van der Waals surface area contributed by atoms with E-state index in [9.17, 15) is 14.0 Å². The molecular weight excluding hydrogens is 416 g/mol. The number of carbonyl (C=O) groups is 2. The van der Waals surface area contributed by atoms with Gasteiger partial charge in [0.15, 0.2) is 0 Å². The number of amides is 2. The number of anilines is 1. The van der Waals surface area contributed by atoms with Crippen molar-refractivity contribution in [2.24, 2.45) is 0 Å². The zero-order valence-corrected chi connectivity index (χ0v) is 17.1. The van der Waals surface area contributed by atoms with Crippen molar-refractivity contribution in [2.45, 2.75) is 0 Å². The number of hydrogen-bond acceptors (Lipinski definition) is 3. The molecule has 5 nitrogen and oxygen atoms in total. The van der Waals surface area contributed by atoms with Crippen LogP contribution in [0.3, 0.4) is 0 Å². The van der Waals surface area contributed by atoms with Gasteiger partial charge < -0.3 is 10.2 Å². The third-order valence-electron chi connectivity index (χ3n) is 4.56. The molecular formula is C21H20Cl2FN3O2. The van der Waals surface area contributed by atoms with E-state index in [4.69, 9.17) is 23.2 Å². The number of nitrogens with zero attached hydrogens (tertiary/aromatic N) is 2. The summed E-state index contributed by atoms with van der Waals surface area (Å²) in [6.07, 6.45) is 3.06. The third kappa shape index (κ3) is 6.03. The molecule has 152 valence electrons. The van der Waals surface area contributed by atoms with Gasteiger partial charge in [0.25, 0.3) is 0 Å². The Bertz CT molecular complexity index is 928. The van der Waals surface area contributed by atoms with Gasteiger partial charge in [-0.3, -0.25) is 14.5 Å². The molecule has 3 rings (SSSR count). The van der Waals surface area contributed by atoms with Crippen LogP contribution in [0.1, 0.15) is 5.56 Å². The van der Waals surface area contributed by atoms with E-state index in [2.05, 4.69) is 5.32 Å². The molecule has 2 aromatic carbocycles. The lowest BCUT2D eigenvalue weighted by molar-refractivity contribution is -0.127. The summed E-state index contributed by atoms with van der Waals surface area (Å²) in [6.45, 7) is 2.46. The highest BCUT2D eigenvalue weighted by molar-refractivity contribution is 6.33. The number of nitrogens with one attached hydrogen (secondary N) is 1. The summed E-state index contributed by atoms with van der Waals surface area (Å²) in [7, 11) is 0. The number of carbonyl (C=O) groups excluding carboxylic acids is 2. The van der Waals surface area contributed by atoms with Crippen LogP contribution in [0.4, 0.5) is 10.1 Å². The van der Waals surface area contributed by atoms with E-state index in [1.165, 1.54) is 18.2 Å². The van der Waals surface area contributed by atoms with Gasteiger partial charge in [-0.1, -0.05) is 41.4 Å². The second kappa shape index (κ2) is 9.87. The SMILES string of the molecule is O=C(CN1CCN(C(=O)C=Cc2ccc(F)c(Cl)c2)CC1)Nc1ccccc1Cl. The lowest BCUT2D eigenvalue weighted by Gasteiger charge is -2.33. The zero-order chi connectivity index (χ0) is 20.8. The highest BCUT2D eigenvalue weighted by Crippen LogP contribution is 2.20. The lowest BCUT2D eigenvalue weighted by atomic mass is 10.2. The van der Waals surface area contributed by atoms with Crippen LogP contribution in [0.15, 0.2) is 48.5 Å². The third-order valence-corrected chi connectivity index (χ3v) is 5.18. The minimum absolute atomic E-state index is 0.0169. The van der Waals surface area contributed by atoms with Crippen LogP contribution in [0.2, 0.25) is 10.0 Å². The first kappa shape index (κ1) is 21.3. The molecule has 0 bridgehead atoms. The predicted molar refractivity (Wildman–Crippen MR) is 114 cm³/mol. The van der Waals surface area contributed by atoms with E-state index in [0.29, 0.717) is 42.5 Å². The summed E-state index contributed by atoms with van der Waals surface area (Å²) < 4.78 is 13.2. The van der Waals surface area contributed by atoms with Crippen LogP contribution in [-0.4, -0.2) is 54.3 Å². The maximum atomic E-state index is 13.2. The number of piperazine rings is 1. The minimum atomic E-state index is -0.496. The van der Waals surface area contributed by atoms with Crippen LogP contribution in [0.25, 0.3) is 6.08 Å². The molecule has 0 atom stereocenters. The predicted octanol–water partition coefficient (Wildman–Crippen LogP) is 3.93. The molecule has 29 heavy (non-hydrogen) atoms. The number of halogens is 3. The number of hydrogen-bond donors (Lipinski definition) is 1. The fraction of sp³-hybridized carbons (Fsp3) is 0.238. The molecule has 0 aromatic heterocycles. The van der Waals surface area contributed by atoms with Gasteiger partial charge in [-0.05, 0) is 35.9 Å². The Hall–Kier alpha value is -2.41. The Morgan fingerprint density at radius 3 is 2.45 bits per heavy atom. The Morgan fingerprint density at radius 1 is 1.03 bits per heavy atom. The van der Waals surface area contributed by atoms with Gasteiger partial charge in [-0.2, -0.15) is 0 Å². The van der Waals surface area contributed by atoms with E-state index in [-0.39, 0.29) is 23.4 Å². The van der Waals surface area contributed by atoms with Crippen molar-refractivity contribution in [3.63, 3.8) is 0 Å². The average molecular weight is 436 g/mol. The van der Waals surface area contributed by atoms with Crippen LogP contribution in [0, 0.1) is 5.82 Å². The molecule has 1 aliphatic heterocycles. The zero-order valence-electron chi connectivity index (χ0n) is 15.6. The van der Waals surface area contributed by atoms with Crippen molar-refractivity contribution in [3.8, 4) is 0 Å². The van der Waals surface area contributed by atoms with Crippen molar-refractivity contribution in [2.75, 3.05) is 38.0 Å². The molecule has 0 radical (unpaired) electrons. The van der Waals surface area contributed by atoms with Gasteiger partial charge in [0, 0.05) is 32.3 Å². The Labute approximate surface area is 178 Å². The largest absolute Gasteiger partial charge is 0.337 e. The average Bonchev–Trinajstić information content (AvgIpc) is 2.71. The molecule has 0 saturated carbocycles. The summed E-state index contributed by atoms with van der Waals surface area (Å²) >= 11 is 11.8.